The molecule has 0 radical (unpaired) electrons. The first kappa shape index (κ1) is 17.0. The quantitative estimate of drug-likeness (QED) is 0.626. The maximum atomic E-state index is 12.5. The highest BCUT2D eigenvalue weighted by molar-refractivity contribution is 7.18. The number of carbonyl (C=O) groups excluding carboxylic acids is 1. The fourth-order valence-electron chi connectivity index (χ4n) is 2.45. The molecule has 6 nitrogen and oxygen atoms in total. The Morgan fingerprint density at radius 2 is 1.76 bits per heavy atom. The predicted molar refractivity (Wildman–Crippen MR) is 94.8 cm³/mol. The number of nitrogens with zero attached hydrogens (tertiary/aromatic N) is 1. The molecule has 0 aliphatic rings. The molecule has 0 aliphatic carbocycles. The third-order valence-corrected chi connectivity index (χ3v) is 4.60. The standard InChI is InChI=1S/C18H17NO5S/c1-21-13-9-8-11(16(22-2)17(13)23-3)18(20)24-10-15-19-12-6-4-5-7-14(12)25-15/h4-9H,10H2,1-3H3. The SMILES string of the molecule is COc1ccc(C(=O)OCc2nc3ccccc3s2)c(OC)c1OC. The lowest BCUT2D eigenvalue weighted by Gasteiger charge is -2.14. The minimum Gasteiger partial charge on any atom is -0.493 e. The van der Waals surface area contributed by atoms with E-state index >= 15 is 0 Å². The number of methoxy groups -OCH3 is 3. The Balaban J connectivity index is 1.81. The van der Waals surface area contributed by atoms with Crippen LogP contribution in [0.2, 0.25) is 0 Å². The fourth-order valence-corrected chi connectivity index (χ4v) is 3.33. The number of hydrogen-bond acceptors (Lipinski definition) is 7. The Morgan fingerprint density at radius 3 is 2.44 bits per heavy atom. The maximum Gasteiger partial charge on any atom is 0.342 e. The van der Waals surface area contributed by atoms with Crippen LogP contribution in [0.3, 0.4) is 0 Å². The Bertz CT molecular complexity index is 873. The second kappa shape index (κ2) is 7.40. The Kier molecular flexibility index (Phi) is 5.04. The van der Waals surface area contributed by atoms with Crippen molar-refractivity contribution in [3.63, 3.8) is 0 Å². The molecule has 1 heterocycles. The van der Waals surface area contributed by atoms with Crippen LogP contribution >= 0.6 is 11.3 Å². The molecule has 25 heavy (non-hydrogen) atoms. The van der Waals surface area contributed by atoms with Gasteiger partial charge in [-0.05, 0) is 24.3 Å². The molecule has 3 rings (SSSR count). The van der Waals surface area contributed by atoms with E-state index in [-0.39, 0.29) is 17.9 Å². The van der Waals surface area contributed by atoms with Crippen LogP contribution in [0.15, 0.2) is 36.4 Å². The van der Waals surface area contributed by atoms with E-state index in [1.807, 2.05) is 24.3 Å². The smallest absolute Gasteiger partial charge is 0.342 e. The molecule has 0 atom stereocenters. The number of rotatable bonds is 6. The summed E-state index contributed by atoms with van der Waals surface area (Å²) in [6.45, 7) is 0.0929. The predicted octanol–water partition coefficient (Wildman–Crippen LogP) is 3.68. The van der Waals surface area contributed by atoms with Gasteiger partial charge in [0, 0.05) is 0 Å². The molecule has 0 spiro atoms. The second-order valence-corrected chi connectivity index (χ2v) is 6.15. The monoisotopic (exact) mass is 359 g/mol. The number of benzene rings is 2. The first-order valence-electron chi connectivity index (χ1n) is 7.48. The van der Waals surface area contributed by atoms with Crippen LogP contribution in [0.1, 0.15) is 15.4 Å². The van der Waals surface area contributed by atoms with Crippen LogP contribution in [0.5, 0.6) is 17.2 Å². The van der Waals surface area contributed by atoms with Crippen LogP contribution in [0.4, 0.5) is 0 Å². The van der Waals surface area contributed by atoms with E-state index in [1.165, 1.54) is 32.7 Å². The molecule has 0 bridgehead atoms. The minimum absolute atomic E-state index is 0.0929. The first-order valence-corrected chi connectivity index (χ1v) is 8.30. The summed E-state index contributed by atoms with van der Waals surface area (Å²) in [4.78, 5) is 16.9. The van der Waals surface area contributed by atoms with Crippen LogP contribution in [-0.4, -0.2) is 32.3 Å². The van der Waals surface area contributed by atoms with Gasteiger partial charge < -0.3 is 18.9 Å². The third kappa shape index (κ3) is 3.36. The number of thiazole rings is 1. The first-order chi connectivity index (χ1) is 12.2. The molecule has 1 aromatic heterocycles. The topological polar surface area (TPSA) is 66.9 Å². The maximum absolute atomic E-state index is 12.5. The number of hydrogen-bond donors (Lipinski definition) is 0. The number of aromatic nitrogens is 1. The van der Waals surface area contributed by atoms with Crippen molar-refractivity contribution >= 4 is 27.5 Å². The van der Waals surface area contributed by atoms with E-state index in [0.717, 1.165) is 15.2 Å². The molecule has 0 fully saturated rings. The van der Waals surface area contributed by atoms with Crippen molar-refractivity contribution in [3.8, 4) is 17.2 Å². The van der Waals surface area contributed by atoms with E-state index in [1.54, 1.807) is 12.1 Å². The molecular formula is C18H17NO5S. The average molecular weight is 359 g/mol. The molecule has 7 heteroatoms. The van der Waals surface area contributed by atoms with Gasteiger partial charge in [0.05, 0.1) is 31.5 Å². The zero-order valence-corrected chi connectivity index (χ0v) is 14.9. The third-order valence-electron chi connectivity index (χ3n) is 3.59. The Hall–Kier alpha value is -2.80. The average Bonchev–Trinajstić information content (AvgIpc) is 3.07. The molecule has 3 aromatic rings. The van der Waals surface area contributed by atoms with Gasteiger partial charge in [0.2, 0.25) is 5.75 Å². The lowest BCUT2D eigenvalue weighted by molar-refractivity contribution is 0.0468. The molecule has 0 saturated heterocycles. The number of carbonyl (C=O) groups is 1. The van der Waals surface area contributed by atoms with Crippen molar-refractivity contribution in [1.82, 2.24) is 4.98 Å². The van der Waals surface area contributed by atoms with Crippen molar-refractivity contribution in [3.05, 3.63) is 47.0 Å². The van der Waals surface area contributed by atoms with Gasteiger partial charge in [0.25, 0.3) is 0 Å². The number of ether oxygens (including phenoxy) is 4. The zero-order valence-electron chi connectivity index (χ0n) is 14.1. The summed E-state index contributed by atoms with van der Waals surface area (Å²) in [6, 6.07) is 11.0. The van der Waals surface area contributed by atoms with Crippen LogP contribution in [0.25, 0.3) is 10.2 Å². The highest BCUT2D eigenvalue weighted by atomic mass is 32.1. The molecule has 0 unspecified atom stereocenters. The summed E-state index contributed by atoms with van der Waals surface area (Å²) >= 11 is 1.49. The number of para-hydroxylation sites is 1. The molecular weight excluding hydrogens is 342 g/mol. The molecule has 0 amide bonds. The van der Waals surface area contributed by atoms with E-state index in [0.29, 0.717) is 11.5 Å². The van der Waals surface area contributed by atoms with Gasteiger partial charge in [0.1, 0.15) is 17.2 Å². The summed E-state index contributed by atoms with van der Waals surface area (Å²) in [6.07, 6.45) is 0. The lowest BCUT2D eigenvalue weighted by Crippen LogP contribution is -2.08. The Morgan fingerprint density at radius 1 is 1.00 bits per heavy atom. The van der Waals surface area contributed by atoms with Gasteiger partial charge >= 0.3 is 5.97 Å². The van der Waals surface area contributed by atoms with Gasteiger partial charge in [-0.1, -0.05) is 12.1 Å². The van der Waals surface area contributed by atoms with E-state index in [4.69, 9.17) is 18.9 Å². The summed E-state index contributed by atoms with van der Waals surface area (Å²) in [7, 11) is 4.46. The summed E-state index contributed by atoms with van der Waals surface area (Å²) in [5, 5.41) is 0.731. The summed E-state index contributed by atoms with van der Waals surface area (Å²) in [5.41, 5.74) is 1.16. The van der Waals surface area contributed by atoms with Crippen molar-refractivity contribution < 1.29 is 23.7 Å². The van der Waals surface area contributed by atoms with E-state index < -0.39 is 5.97 Å². The van der Waals surface area contributed by atoms with Gasteiger partial charge in [-0.2, -0.15) is 0 Å². The zero-order chi connectivity index (χ0) is 17.8. The largest absolute Gasteiger partial charge is 0.493 e. The van der Waals surface area contributed by atoms with Gasteiger partial charge in [0.15, 0.2) is 11.5 Å². The van der Waals surface area contributed by atoms with Crippen molar-refractivity contribution in [2.45, 2.75) is 6.61 Å². The summed E-state index contributed by atoms with van der Waals surface area (Å²) < 4.78 is 22.3. The molecule has 2 aromatic carbocycles. The Labute approximate surface area is 148 Å². The number of fused-ring (bicyclic) bond motifs is 1. The highest BCUT2D eigenvalue weighted by Gasteiger charge is 2.22. The van der Waals surface area contributed by atoms with Crippen LogP contribution < -0.4 is 14.2 Å². The van der Waals surface area contributed by atoms with Crippen molar-refractivity contribution in [1.29, 1.82) is 0 Å². The summed E-state index contributed by atoms with van der Waals surface area (Å²) in [5.74, 6) is 0.578. The van der Waals surface area contributed by atoms with Crippen LogP contribution in [-0.2, 0) is 11.3 Å². The highest BCUT2D eigenvalue weighted by Crippen LogP contribution is 2.40. The van der Waals surface area contributed by atoms with E-state index in [9.17, 15) is 4.79 Å². The molecule has 0 N–H and O–H groups in total. The lowest BCUT2D eigenvalue weighted by atomic mass is 10.1. The second-order valence-electron chi connectivity index (χ2n) is 5.03. The molecule has 0 saturated carbocycles. The molecule has 130 valence electrons. The van der Waals surface area contributed by atoms with E-state index in [2.05, 4.69) is 4.98 Å². The van der Waals surface area contributed by atoms with Crippen molar-refractivity contribution in [2.75, 3.05) is 21.3 Å². The normalized spacial score (nSPS) is 10.5. The number of esters is 1. The fraction of sp³-hybridized carbons (Fsp3) is 0.222. The van der Waals surface area contributed by atoms with Crippen LogP contribution in [0, 0.1) is 0 Å². The molecule has 0 aliphatic heterocycles. The van der Waals surface area contributed by atoms with Gasteiger partial charge in [-0.3, -0.25) is 0 Å². The minimum atomic E-state index is -0.517. The van der Waals surface area contributed by atoms with Gasteiger partial charge in [-0.25, -0.2) is 9.78 Å². The van der Waals surface area contributed by atoms with Crippen molar-refractivity contribution in [2.24, 2.45) is 0 Å². The van der Waals surface area contributed by atoms with Gasteiger partial charge in [-0.15, -0.1) is 11.3 Å².